The molecule has 0 spiro atoms. The van der Waals surface area contributed by atoms with Crippen LogP contribution in [-0.4, -0.2) is 19.1 Å². The molecule has 4 nitrogen and oxygen atoms in total. The molecule has 1 heterocycles. The summed E-state index contributed by atoms with van der Waals surface area (Å²) in [7, 11) is 0. The van der Waals surface area contributed by atoms with Crippen molar-refractivity contribution in [1.82, 2.24) is 0 Å². The van der Waals surface area contributed by atoms with E-state index in [9.17, 15) is 9.18 Å². The summed E-state index contributed by atoms with van der Waals surface area (Å²) in [6.07, 6.45) is 1.43. The Kier molecular flexibility index (Phi) is 3.58. The molecule has 2 rings (SSSR count). The molecule has 5 heteroatoms. The highest BCUT2D eigenvalue weighted by Crippen LogP contribution is 2.22. The number of nitrogens with one attached hydrogen (secondary N) is 1. The van der Waals surface area contributed by atoms with Crippen molar-refractivity contribution in [2.24, 2.45) is 5.92 Å². The SMILES string of the molecule is Nc1cc(F)ccc1NC(=O)C1CCOCC1. The maximum Gasteiger partial charge on any atom is 0.227 e. The van der Waals surface area contributed by atoms with Crippen LogP contribution in [0.3, 0.4) is 0 Å². The molecule has 1 fully saturated rings. The molecule has 0 saturated carbocycles. The molecule has 0 aromatic heterocycles. The van der Waals surface area contributed by atoms with Gasteiger partial charge in [-0.1, -0.05) is 0 Å². The summed E-state index contributed by atoms with van der Waals surface area (Å²) in [5, 5.41) is 2.72. The van der Waals surface area contributed by atoms with Gasteiger partial charge in [0.05, 0.1) is 11.4 Å². The number of ether oxygens (including phenoxy) is 1. The number of nitrogen functional groups attached to an aromatic ring is 1. The summed E-state index contributed by atoms with van der Waals surface area (Å²) in [5.41, 5.74) is 6.32. The molecule has 1 aliphatic rings. The zero-order valence-corrected chi connectivity index (χ0v) is 9.41. The van der Waals surface area contributed by atoms with Gasteiger partial charge in [-0.3, -0.25) is 4.79 Å². The topological polar surface area (TPSA) is 64.3 Å². The standard InChI is InChI=1S/C12H15FN2O2/c13-9-1-2-11(10(14)7-9)15-12(16)8-3-5-17-6-4-8/h1-2,7-8H,3-6,14H2,(H,15,16). The van der Waals surface area contributed by atoms with Crippen molar-refractivity contribution in [2.75, 3.05) is 24.3 Å². The van der Waals surface area contributed by atoms with Gasteiger partial charge in [0.15, 0.2) is 0 Å². The van der Waals surface area contributed by atoms with E-state index in [-0.39, 0.29) is 17.5 Å². The van der Waals surface area contributed by atoms with Gasteiger partial charge in [0.2, 0.25) is 5.91 Å². The van der Waals surface area contributed by atoms with E-state index in [2.05, 4.69) is 5.32 Å². The molecule has 1 amide bonds. The molecule has 0 aliphatic carbocycles. The minimum absolute atomic E-state index is 0.0480. The summed E-state index contributed by atoms with van der Waals surface area (Å²) in [6.45, 7) is 1.22. The predicted octanol–water partition coefficient (Wildman–Crippen LogP) is 1.77. The van der Waals surface area contributed by atoms with Gasteiger partial charge < -0.3 is 15.8 Å². The van der Waals surface area contributed by atoms with Crippen LogP contribution >= 0.6 is 0 Å². The molecule has 0 atom stereocenters. The van der Waals surface area contributed by atoms with Crippen LogP contribution in [0.5, 0.6) is 0 Å². The van der Waals surface area contributed by atoms with Crippen molar-refractivity contribution in [3.8, 4) is 0 Å². The molecule has 0 unspecified atom stereocenters. The van der Waals surface area contributed by atoms with E-state index in [1.165, 1.54) is 18.2 Å². The first kappa shape index (κ1) is 11.9. The third-order valence-corrected chi connectivity index (χ3v) is 2.86. The second-order valence-electron chi connectivity index (χ2n) is 4.11. The van der Waals surface area contributed by atoms with Crippen LogP contribution < -0.4 is 11.1 Å². The number of rotatable bonds is 2. The number of amides is 1. The third-order valence-electron chi connectivity index (χ3n) is 2.86. The normalized spacial score (nSPS) is 16.8. The quantitative estimate of drug-likeness (QED) is 0.772. The van der Waals surface area contributed by atoms with E-state index in [0.717, 1.165) is 0 Å². The van der Waals surface area contributed by atoms with Crippen LogP contribution in [0.25, 0.3) is 0 Å². The number of hydrogen-bond acceptors (Lipinski definition) is 3. The fourth-order valence-electron chi connectivity index (χ4n) is 1.84. The fourth-order valence-corrected chi connectivity index (χ4v) is 1.84. The number of nitrogens with two attached hydrogens (primary N) is 1. The monoisotopic (exact) mass is 238 g/mol. The van der Waals surface area contributed by atoms with Gasteiger partial charge in [-0.15, -0.1) is 0 Å². The molecule has 3 N–H and O–H groups in total. The van der Waals surface area contributed by atoms with Crippen LogP contribution in [0.15, 0.2) is 18.2 Å². The molecule has 17 heavy (non-hydrogen) atoms. The Morgan fingerprint density at radius 2 is 2.12 bits per heavy atom. The number of carbonyl (C=O) groups excluding carboxylic acids is 1. The average molecular weight is 238 g/mol. The van der Waals surface area contributed by atoms with E-state index in [1.807, 2.05) is 0 Å². The van der Waals surface area contributed by atoms with Gasteiger partial charge in [0.1, 0.15) is 5.82 Å². The van der Waals surface area contributed by atoms with E-state index in [4.69, 9.17) is 10.5 Å². The molecule has 1 saturated heterocycles. The van der Waals surface area contributed by atoms with Crippen molar-refractivity contribution in [3.63, 3.8) is 0 Å². The maximum absolute atomic E-state index is 12.8. The minimum atomic E-state index is -0.411. The Hall–Kier alpha value is -1.62. The number of halogens is 1. The first-order valence-electron chi connectivity index (χ1n) is 5.60. The minimum Gasteiger partial charge on any atom is -0.397 e. The third kappa shape index (κ3) is 2.94. The Balaban J connectivity index is 2.02. The van der Waals surface area contributed by atoms with Crippen molar-refractivity contribution in [3.05, 3.63) is 24.0 Å². The summed E-state index contributed by atoms with van der Waals surface area (Å²) in [5.74, 6) is -0.536. The number of carbonyl (C=O) groups is 1. The van der Waals surface area contributed by atoms with Crippen LogP contribution in [0.1, 0.15) is 12.8 Å². The van der Waals surface area contributed by atoms with E-state index >= 15 is 0 Å². The average Bonchev–Trinajstić information content (AvgIpc) is 2.34. The summed E-state index contributed by atoms with van der Waals surface area (Å²) in [6, 6.07) is 3.94. The molecule has 0 bridgehead atoms. The van der Waals surface area contributed by atoms with Crippen molar-refractivity contribution >= 4 is 17.3 Å². The Bertz CT molecular complexity index is 417. The van der Waals surface area contributed by atoms with Crippen molar-refractivity contribution in [2.45, 2.75) is 12.8 Å². The first-order valence-corrected chi connectivity index (χ1v) is 5.60. The second-order valence-corrected chi connectivity index (χ2v) is 4.11. The number of benzene rings is 1. The van der Waals surface area contributed by atoms with E-state index < -0.39 is 5.82 Å². The molecular weight excluding hydrogens is 223 g/mol. The lowest BCUT2D eigenvalue weighted by molar-refractivity contribution is -0.122. The smallest absolute Gasteiger partial charge is 0.227 e. The molecule has 0 radical (unpaired) electrons. The summed E-state index contributed by atoms with van der Waals surface area (Å²) < 4.78 is 18.0. The van der Waals surface area contributed by atoms with Gasteiger partial charge in [0, 0.05) is 19.1 Å². The van der Waals surface area contributed by atoms with E-state index in [1.54, 1.807) is 0 Å². The number of hydrogen-bond donors (Lipinski definition) is 2. The van der Waals surface area contributed by atoms with Crippen molar-refractivity contribution < 1.29 is 13.9 Å². The molecule has 1 aromatic rings. The zero-order valence-electron chi connectivity index (χ0n) is 9.41. The molecular formula is C12H15FN2O2. The van der Waals surface area contributed by atoms with Crippen LogP contribution in [0.2, 0.25) is 0 Å². The van der Waals surface area contributed by atoms with Gasteiger partial charge in [-0.2, -0.15) is 0 Å². The molecule has 1 aromatic carbocycles. The molecule has 92 valence electrons. The van der Waals surface area contributed by atoms with Crippen LogP contribution in [0, 0.1) is 11.7 Å². The summed E-state index contributed by atoms with van der Waals surface area (Å²) in [4.78, 5) is 11.9. The highest BCUT2D eigenvalue weighted by molar-refractivity contribution is 5.95. The predicted molar refractivity (Wildman–Crippen MR) is 63.0 cm³/mol. The highest BCUT2D eigenvalue weighted by atomic mass is 19.1. The van der Waals surface area contributed by atoms with E-state index in [0.29, 0.717) is 31.7 Å². The lowest BCUT2D eigenvalue weighted by Crippen LogP contribution is -2.28. The highest BCUT2D eigenvalue weighted by Gasteiger charge is 2.21. The Morgan fingerprint density at radius 1 is 1.41 bits per heavy atom. The summed E-state index contributed by atoms with van der Waals surface area (Å²) >= 11 is 0. The first-order chi connectivity index (χ1) is 8.16. The Morgan fingerprint density at radius 3 is 2.76 bits per heavy atom. The fraction of sp³-hybridized carbons (Fsp3) is 0.417. The largest absolute Gasteiger partial charge is 0.397 e. The lowest BCUT2D eigenvalue weighted by Gasteiger charge is -2.21. The Labute approximate surface area is 98.9 Å². The number of anilines is 2. The van der Waals surface area contributed by atoms with Gasteiger partial charge in [0.25, 0.3) is 0 Å². The van der Waals surface area contributed by atoms with Crippen LogP contribution in [-0.2, 0) is 9.53 Å². The van der Waals surface area contributed by atoms with Gasteiger partial charge in [-0.05, 0) is 31.0 Å². The van der Waals surface area contributed by atoms with Gasteiger partial charge in [-0.25, -0.2) is 4.39 Å². The van der Waals surface area contributed by atoms with Crippen LogP contribution in [0.4, 0.5) is 15.8 Å². The van der Waals surface area contributed by atoms with Crippen molar-refractivity contribution in [1.29, 1.82) is 0 Å². The second kappa shape index (κ2) is 5.14. The van der Waals surface area contributed by atoms with Gasteiger partial charge >= 0.3 is 0 Å². The maximum atomic E-state index is 12.8. The lowest BCUT2D eigenvalue weighted by atomic mass is 9.99. The molecule has 1 aliphatic heterocycles. The zero-order chi connectivity index (χ0) is 12.3.